The summed E-state index contributed by atoms with van der Waals surface area (Å²) in [6, 6.07) is 0. The lowest BCUT2D eigenvalue weighted by atomic mass is 9.93. The van der Waals surface area contributed by atoms with E-state index in [0.717, 1.165) is 38.4 Å². The van der Waals surface area contributed by atoms with Crippen LogP contribution in [0.25, 0.3) is 0 Å². The zero-order valence-electron chi connectivity index (χ0n) is 10.2. The molecule has 1 saturated heterocycles. The van der Waals surface area contributed by atoms with Gasteiger partial charge in [-0.25, -0.2) is 0 Å². The molecule has 1 amide bonds. The lowest BCUT2D eigenvalue weighted by molar-refractivity contribution is -0.132. The predicted octanol–water partition coefficient (Wildman–Crippen LogP) is 1.25. The summed E-state index contributed by atoms with van der Waals surface area (Å²) >= 11 is 0. The minimum Gasteiger partial charge on any atom is -0.343 e. The van der Waals surface area contributed by atoms with Gasteiger partial charge in [0.15, 0.2) is 0 Å². The van der Waals surface area contributed by atoms with E-state index in [4.69, 9.17) is 6.42 Å². The summed E-state index contributed by atoms with van der Waals surface area (Å²) in [7, 11) is 1.98. The van der Waals surface area contributed by atoms with Crippen LogP contribution in [0.5, 0.6) is 0 Å². The Morgan fingerprint density at radius 3 is 2.75 bits per heavy atom. The molecule has 0 spiro atoms. The number of hydrogen-bond donors (Lipinski definition) is 1. The van der Waals surface area contributed by atoms with Crippen molar-refractivity contribution in [1.29, 1.82) is 0 Å². The average molecular weight is 222 g/mol. The first-order valence-electron chi connectivity index (χ1n) is 6.13. The highest BCUT2D eigenvalue weighted by Crippen LogP contribution is 2.20. The lowest BCUT2D eigenvalue weighted by Gasteiger charge is -2.32. The molecule has 0 atom stereocenters. The van der Waals surface area contributed by atoms with E-state index in [2.05, 4.69) is 11.2 Å². The summed E-state index contributed by atoms with van der Waals surface area (Å²) < 4.78 is 0. The number of nitrogens with one attached hydrogen (secondary N) is 1. The Balaban J connectivity index is 2.21. The summed E-state index contributed by atoms with van der Waals surface area (Å²) in [6.07, 6.45) is 9.74. The molecule has 0 radical (unpaired) electrons. The van der Waals surface area contributed by atoms with Crippen LogP contribution in [-0.2, 0) is 4.79 Å². The Morgan fingerprint density at radius 1 is 1.50 bits per heavy atom. The molecule has 90 valence electrons. The van der Waals surface area contributed by atoms with Crippen LogP contribution in [0.2, 0.25) is 0 Å². The molecule has 1 N–H and O–H groups in total. The van der Waals surface area contributed by atoms with E-state index in [-0.39, 0.29) is 5.91 Å². The number of amides is 1. The van der Waals surface area contributed by atoms with Crippen LogP contribution < -0.4 is 5.32 Å². The Bertz CT molecular complexity index is 249. The van der Waals surface area contributed by atoms with Gasteiger partial charge >= 0.3 is 0 Å². The van der Waals surface area contributed by atoms with Gasteiger partial charge < -0.3 is 10.2 Å². The molecule has 3 heteroatoms. The SMILES string of the molecule is C#CCCC(=O)N1CCC(CCNC)CC1. The Morgan fingerprint density at radius 2 is 2.19 bits per heavy atom. The second-order valence-corrected chi connectivity index (χ2v) is 4.42. The third kappa shape index (κ3) is 4.24. The molecule has 3 nitrogen and oxygen atoms in total. The van der Waals surface area contributed by atoms with E-state index in [1.807, 2.05) is 11.9 Å². The van der Waals surface area contributed by atoms with Crippen molar-refractivity contribution in [3.05, 3.63) is 0 Å². The molecule has 0 aromatic rings. The molecule has 1 fully saturated rings. The van der Waals surface area contributed by atoms with Gasteiger partial charge in [0.1, 0.15) is 0 Å². The second-order valence-electron chi connectivity index (χ2n) is 4.42. The smallest absolute Gasteiger partial charge is 0.223 e. The normalized spacial score (nSPS) is 17.1. The van der Waals surface area contributed by atoms with Crippen molar-refractivity contribution >= 4 is 5.91 Å². The first-order valence-corrected chi connectivity index (χ1v) is 6.13. The summed E-state index contributed by atoms with van der Waals surface area (Å²) in [5.41, 5.74) is 0. The van der Waals surface area contributed by atoms with Crippen molar-refractivity contribution < 1.29 is 4.79 Å². The van der Waals surface area contributed by atoms with Gasteiger partial charge in [0.25, 0.3) is 0 Å². The fraction of sp³-hybridized carbons (Fsp3) is 0.769. The Kier molecular flexibility index (Phi) is 5.95. The van der Waals surface area contributed by atoms with E-state index in [0.29, 0.717) is 12.8 Å². The zero-order chi connectivity index (χ0) is 11.8. The van der Waals surface area contributed by atoms with Crippen LogP contribution in [0.4, 0.5) is 0 Å². The minimum atomic E-state index is 0.227. The minimum absolute atomic E-state index is 0.227. The number of likely N-dealkylation sites (tertiary alicyclic amines) is 1. The van der Waals surface area contributed by atoms with Gasteiger partial charge in [0.2, 0.25) is 5.91 Å². The number of rotatable bonds is 5. The topological polar surface area (TPSA) is 32.3 Å². The van der Waals surface area contributed by atoms with E-state index in [9.17, 15) is 4.79 Å². The van der Waals surface area contributed by atoms with Crippen molar-refractivity contribution in [3.8, 4) is 12.3 Å². The highest BCUT2D eigenvalue weighted by Gasteiger charge is 2.21. The summed E-state index contributed by atoms with van der Waals surface area (Å²) in [5, 5.41) is 3.17. The second kappa shape index (κ2) is 7.29. The maximum absolute atomic E-state index is 11.7. The highest BCUT2D eigenvalue weighted by atomic mass is 16.2. The quantitative estimate of drug-likeness (QED) is 0.710. The van der Waals surface area contributed by atoms with Crippen molar-refractivity contribution in [2.75, 3.05) is 26.7 Å². The molecule has 1 aliphatic rings. The Labute approximate surface area is 98.6 Å². The molecule has 1 heterocycles. The van der Waals surface area contributed by atoms with E-state index in [1.165, 1.54) is 6.42 Å². The van der Waals surface area contributed by atoms with Gasteiger partial charge in [0, 0.05) is 25.9 Å². The van der Waals surface area contributed by atoms with Gasteiger partial charge in [-0.2, -0.15) is 0 Å². The number of piperidine rings is 1. The number of carbonyl (C=O) groups excluding carboxylic acids is 1. The van der Waals surface area contributed by atoms with E-state index < -0.39 is 0 Å². The average Bonchev–Trinajstić information content (AvgIpc) is 2.34. The Hall–Kier alpha value is -1.01. The molecular formula is C13H22N2O. The van der Waals surface area contributed by atoms with Crippen LogP contribution >= 0.6 is 0 Å². The van der Waals surface area contributed by atoms with Gasteiger partial charge in [-0.1, -0.05) is 0 Å². The van der Waals surface area contributed by atoms with E-state index in [1.54, 1.807) is 0 Å². The van der Waals surface area contributed by atoms with Crippen molar-refractivity contribution in [1.82, 2.24) is 10.2 Å². The lowest BCUT2D eigenvalue weighted by Crippen LogP contribution is -2.38. The summed E-state index contributed by atoms with van der Waals surface area (Å²) in [4.78, 5) is 13.7. The molecule has 0 aromatic carbocycles. The van der Waals surface area contributed by atoms with Gasteiger partial charge in [-0.3, -0.25) is 4.79 Å². The molecule has 0 saturated carbocycles. The molecular weight excluding hydrogens is 200 g/mol. The first kappa shape index (κ1) is 13.1. The molecule has 1 rings (SSSR count). The third-order valence-corrected chi connectivity index (χ3v) is 3.25. The molecule has 1 aliphatic heterocycles. The van der Waals surface area contributed by atoms with Crippen molar-refractivity contribution in [2.24, 2.45) is 5.92 Å². The highest BCUT2D eigenvalue weighted by molar-refractivity contribution is 5.76. The van der Waals surface area contributed by atoms with Crippen LogP contribution in [0.3, 0.4) is 0 Å². The number of terminal acetylenes is 1. The zero-order valence-corrected chi connectivity index (χ0v) is 10.2. The van der Waals surface area contributed by atoms with Crippen molar-refractivity contribution in [2.45, 2.75) is 32.1 Å². The maximum atomic E-state index is 11.7. The van der Waals surface area contributed by atoms with Gasteiger partial charge in [-0.05, 0) is 38.8 Å². The van der Waals surface area contributed by atoms with E-state index >= 15 is 0 Å². The maximum Gasteiger partial charge on any atom is 0.223 e. The molecule has 0 aliphatic carbocycles. The monoisotopic (exact) mass is 222 g/mol. The number of carbonyl (C=O) groups is 1. The first-order chi connectivity index (χ1) is 7.77. The van der Waals surface area contributed by atoms with Crippen LogP contribution in [0.1, 0.15) is 32.1 Å². The number of nitrogens with zero attached hydrogens (tertiary/aromatic N) is 1. The summed E-state index contributed by atoms with van der Waals surface area (Å²) in [5.74, 6) is 3.53. The summed E-state index contributed by atoms with van der Waals surface area (Å²) in [6.45, 7) is 2.91. The largest absolute Gasteiger partial charge is 0.343 e. The van der Waals surface area contributed by atoms with Crippen LogP contribution in [0, 0.1) is 18.3 Å². The predicted molar refractivity (Wildman–Crippen MR) is 65.9 cm³/mol. The third-order valence-electron chi connectivity index (χ3n) is 3.25. The molecule has 0 aromatic heterocycles. The van der Waals surface area contributed by atoms with Crippen molar-refractivity contribution in [3.63, 3.8) is 0 Å². The standard InChI is InChI=1S/C13H22N2O/c1-3-4-5-13(16)15-10-7-12(8-11-15)6-9-14-2/h1,12,14H,4-11H2,2H3. The molecule has 0 unspecified atom stereocenters. The number of hydrogen-bond acceptors (Lipinski definition) is 2. The van der Waals surface area contributed by atoms with Crippen LogP contribution in [-0.4, -0.2) is 37.5 Å². The molecule has 16 heavy (non-hydrogen) atoms. The molecule has 0 bridgehead atoms. The fourth-order valence-electron chi connectivity index (χ4n) is 2.16. The van der Waals surface area contributed by atoms with Gasteiger partial charge in [-0.15, -0.1) is 12.3 Å². The fourth-order valence-corrected chi connectivity index (χ4v) is 2.16. The van der Waals surface area contributed by atoms with Crippen LogP contribution in [0.15, 0.2) is 0 Å². The van der Waals surface area contributed by atoms with Gasteiger partial charge in [0.05, 0.1) is 0 Å².